The molecule has 16 heavy (non-hydrogen) atoms. The Morgan fingerprint density at radius 1 is 1.50 bits per heavy atom. The summed E-state index contributed by atoms with van der Waals surface area (Å²) < 4.78 is 5.22. The second-order valence-corrected chi connectivity index (χ2v) is 4.89. The van der Waals surface area contributed by atoms with Gasteiger partial charge >= 0.3 is 0 Å². The Hall–Kier alpha value is -0.960. The molecular weight excluding hydrogens is 224 g/mol. The first-order chi connectivity index (χ1) is 7.59. The number of aromatic nitrogens is 1. The Balaban J connectivity index is 2.60. The van der Waals surface area contributed by atoms with Gasteiger partial charge in [-0.05, 0) is 24.0 Å². The summed E-state index contributed by atoms with van der Waals surface area (Å²) in [7, 11) is 1.64. The fourth-order valence-electron chi connectivity index (χ4n) is 1.36. The maximum absolute atomic E-state index is 5.76. The van der Waals surface area contributed by atoms with Crippen LogP contribution in [0.2, 0.25) is 0 Å². The van der Waals surface area contributed by atoms with Crippen LogP contribution in [-0.4, -0.2) is 24.5 Å². The normalized spacial score (nSPS) is 11.2. The largest absolute Gasteiger partial charge is 0.493 e. The Kier molecular flexibility index (Phi) is 4.87. The van der Waals surface area contributed by atoms with Gasteiger partial charge in [0.05, 0.1) is 7.11 Å². The van der Waals surface area contributed by atoms with Crippen molar-refractivity contribution in [3.63, 3.8) is 0 Å². The third kappa shape index (κ3) is 3.89. The number of pyridine rings is 1. The molecular formula is C12H19ClN2O. The van der Waals surface area contributed by atoms with Crippen molar-refractivity contribution >= 4 is 17.4 Å². The summed E-state index contributed by atoms with van der Waals surface area (Å²) in [5.41, 5.74) is 0.157. The first-order valence-electron chi connectivity index (χ1n) is 5.38. The van der Waals surface area contributed by atoms with Crippen molar-refractivity contribution in [2.75, 3.05) is 24.9 Å². The molecule has 90 valence electrons. The highest BCUT2D eigenvalue weighted by molar-refractivity contribution is 6.17. The standard InChI is InChI=1S/C12H19ClN2O/c1-12(2,6-7-13)9-15-11-10(16-3)5-4-8-14-11/h4-5,8H,6-7,9H2,1-3H3,(H,14,15). The van der Waals surface area contributed by atoms with Crippen LogP contribution >= 0.6 is 11.6 Å². The molecule has 0 saturated carbocycles. The van der Waals surface area contributed by atoms with Gasteiger partial charge in [0.2, 0.25) is 0 Å². The zero-order valence-corrected chi connectivity index (χ0v) is 10.8. The summed E-state index contributed by atoms with van der Waals surface area (Å²) in [5.74, 6) is 2.23. The van der Waals surface area contributed by atoms with Crippen molar-refractivity contribution in [2.45, 2.75) is 20.3 Å². The second kappa shape index (κ2) is 5.94. The summed E-state index contributed by atoms with van der Waals surface area (Å²) in [4.78, 5) is 4.24. The van der Waals surface area contributed by atoms with Gasteiger partial charge in [-0.25, -0.2) is 4.98 Å². The van der Waals surface area contributed by atoms with E-state index in [0.717, 1.165) is 24.5 Å². The lowest BCUT2D eigenvalue weighted by Crippen LogP contribution is -2.24. The zero-order valence-electron chi connectivity index (χ0n) is 10.1. The first kappa shape index (κ1) is 13.1. The zero-order chi connectivity index (χ0) is 12.0. The fourth-order valence-corrected chi connectivity index (χ4v) is 1.87. The van der Waals surface area contributed by atoms with E-state index in [2.05, 4.69) is 24.1 Å². The Morgan fingerprint density at radius 3 is 2.88 bits per heavy atom. The van der Waals surface area contributed by atoms with Crippen molar-refractivity contribution in [1.29, 1.82) is 0 Å². The molecule has 1 heterocycles. The minimum atomic E-state index is 0.157. The number of halogens is 1. The van der Waals surface area contributed by atoms with Gasteiger partial charge in [0.25, 0.3) is 0 Å². The number of alkyl halides is 1. The average molecular weight is 243 g/mol. The van der Waals surface area contributed by atoms with Crippen molar-refractivity contribution in [2.24, 2.45) is 5.41 Å². The molecule has 1 N–H and O–H groups in total. The minimum absolute atomic E-state index is 0.157. The van der Waals surface area contributed by atoms with Gasteiger partial charge in [-0.1, -0.05) is 13.8 Å². The predicted molar refractivity (Wildman–Crippen MR) is 68.4 cm³/mol. The topological polar surface area (TPSA) is 34.1 Å². The van der Waals surface area contributed by atoms with Gasteiger partial charge in [0.15, 0.2) is 11.6 Å². The van der Waals surface area contributed by atoms with E-state index in [9.17, 15) is 0 Å². The smallest absolute Gasteiger partial charge is 0.168 e. The Morgan fingerprint density at radius 2 is 2.25 bits per heavy atom. The van der Waals surface area contributed by atoms with Gasteiger partial charge in [0, 0.05) is 18.6 Å². The third-order valence-electron chi connectivity index (χ3n) is 2.50. The molecule has 1 aromatic rings. The van der Waals surface area contributed by atoms with E-state index in [1.54, 1.807) is 13.3 Å². The molecule has 0 spiro atoms. The van der Waals surface area contributed by atoms with Gasteiger partial charge in [-0.15, -0.1) is 11.6 Å². The molecule has 1 rings (SSSR count). The molecule has 0 aliphatic rings. The molecule has 0 aliphatic carbocycles. The number of ether oxygens (including phenoxy) is 1. The predicted octanol–water partition coefficient (Wildman–Crippen LogP) is 3.16. The van der Waals surface area contributed by atoms with Crippen molar-refractivity contribution in [1.82, 2.24) is 4.98 Å². The molecule has 0 fully saturated rings. The molecule has 0 saturated heterocycles. The molecule has 3 nitrogen and oxygen atoms in total. The second-order valence-electron chi connectivity index (χ2n) is 4.51. The van der Waals surface area contributed by atoms with E-state index in [4.69, 9.17) is 16.3 Å². The number of hydrogen-bond donors (Lipinski definition) is 1. The number of nitrogens with zero attached hydrogens (tertiary/aromatic N) is 1. The summed E-state index contributed by atoms with van der Waals surface area (Å²) in [6.45, 7) is 5.18. The van der Waals surface area contributed by atoms with E-state index in [1.165, 1.54) is 0 Å². The van der Waals surface area contributed by atoms with Crippen molar-refractivity contribution in [3.8, 4) is 5.75 Å². The van der Waals surface area contributed by atoms with Crippen LogP contribution < -0.4 is 10.1 Å². The van der Waals surface area contributed by atoms with E-state index >= 15 is 0 Å². The van der Waals surface area contributed by atoms with Crippen molar-refractivity contribution in [3.05, 3.63) is 18.3 Å². The lowest BCUT2D eigenvalue weighted by atomic mass is 9.90. The number of nitrogens with one attached hydrogen (secondary N) is 1. The highest BCUT2D eigenvalue weighted by Crippen LogP contribution is 2.25. The molecule has 0 atom stereocenters. The molecule has 0 aliphatic heterocycles. The molecule has 0 bridgehead atoms. The van der Waals surface area contributed by atoms with Crippen LogP contribution in [0.4, 0.5) is 5.82 Å². The van der Waals surface area contributed by atoms with Gasteiger partial charge in [0.1, 0.15) is 0 Å². The first-order valence-corrected chi connectivity index (χ1v) is 5.91. The van der Waals surface area contributed by atoms with Crippen LogP contribution in [0, 0.1) is 5.41 Å². The van der Waals surface area contributed by atoms with Crippen LogP contribution in [0.5, 0.6) is 5.75 Å². The highest BCUT2D eigenvalue weighted by atomic mass is 35.5. The van der Waals surface area contributed by atoms with Crippen molar-refractivity contribution < 1.29 is 4.74 Å². The minimum Gasteiger partial charge on any atom is -0.493 e. The SMILES string of the molecule is COc1cccnc1NCC(C)(C)CCCl. The number of rotatable bonds is 6. The summed E-state index contributed by atoms with van der Waals surface area (Å²) in [6.07, 6.45) is 2.72. The molecule has 1 aromatic heterocycles. The third-order valence-corrected chi connectivity index (χ3v) is 2.69. The Labute approximate surface area is 102 Å². The fraction of sp³-hybridized carbons (Fsp3) is 0.583. The number of anilines is 1. The van der Waals surface area contributed by atoms with Crippen LogP contribution in [0.3, 0.4) is 0 Å². The van der Waals surface area contributed by atoms with Crippen LogP contribution in [0.15, 0.2) is 18.3 Å². The van der Waals surface area contributed by atoms with Crippen LogP contribution in [-0.2, 0) is 0 Å². The summed E-state index contributed by atoms with van der Waals surface area (Å²) in [6, 6.07) is 3.75. The quantitative estimate of drug-likeness (QED) is 0.779. The molecule has 0 aromatic carbocycles. The molecule has 0 unspecified atom stereocenters. The van der Waals surface area contributed by atoms with E-state index in [0.29, 0.717) is 5.88 Å². The number of methoxy groups -OCH3 is 1. The average Bonchev–Trinajstić information content (AvgIpc) is 2.27. The van der Waals surface area contributed by atoms with E-state index in [1.807, 2.05) is 12.1 Å². The van der Waals surface area contributed by atoms with E-state index in [-0.39, 0.29) is 5.41 Å². The maximum Gasteiger partial charge on any atom is 0.168 e. The number of hydrogen-bond acceptors (Lipinski definition) is 3. The lowest BCUT2D eigenvalue weighted by molar-refractivity contribution is 0.376. The van der Waals surface area contributed by atoms with E-state index < -0.39 is 0 Å². The van der Waals surface area contributed by atoms with Crippen LogP contribution in [0.25, 0.3) is 0 Å². The van der Waals surface area contributed by atoms with Gasteiger partial charge in [-0.3, -0.25) is 0 Å². The molecule has 0 radical (unpaired) electrons. The van der Waals surface area contributed by atoms with Gasteiger partial charge < -0.3 is 10.1 Å². The molecule has 4 heteroatoms. The summed E-state index contributed by atoms with van der Waals surface area (Å²) >= 11 is 5.76. The Bertz CT molecular complexity index is 329. The monoisotopic (exact) mass is 242 g/mol. The maximum atomic E-state index is 5.76. The lowest BCUT2D eigenvalue weighted by Gasteiger charge is -2.24. The van der Waals surface area contributed by atoms with Gasteiger partial charge in [-0.2, -0.15) is 0 Å². The highest BCUT2D eigenvalue weighted by Gasteiger charge is 2.17. The van der Waals surface area contributed by atoms with Crippen LogP contribution in [0.1, 0.15) is 20.3 Å². The molecule has 0 amide bonds. The summed E-state index contributed by atoms with van der Waals surface area (Å²) in [5, 5.41) is 3.29.